The van der Waals surface area contributed by atoms with Crippen LogP contribution < -0.4 is 0 Å². The molecule has 0 fully saturated rings. The third-order valence-corrected chi connectivity index (χ3v) is 2.81. The van der Waals surface area contributed by atoms with E-state index < -0.39 is 0 Å². The molecule has 1 aliphatic rings. The predicted molar refractivity (Wildman–Crippen MR) is 70.9 cm³/mol. The second-order valence-corrected chi connectivity index (χ2v) is 4.23. The van der Waals surface area contributed by atoms with Crippen molar-refractivity contribution in [2.45, 2.75) is 13.5 Å². The van der Waals surface area contributed by atoms with Gasteiger partial charge in [0, 0.05) is 11.8 Å². The monoisotopic (exact) mass is 235 g/mol. The van der Waals surface area contributed by atoms with Crippen molar-refractivity contribution >= 4 is 5.57 Å². The van der Waals surface area contributed by atoms with Crippen LogP contribution in [0.25, 0.3) is 5.57 Å². The molecule has 2 heterocycles. The maximum absolute atomic E-state index is 4.52. The lowest BCUT2D eigenvalue weighted by molar-refractivity contribution is 0.659. The van der Waals surface area contributed by atoms with Crippen LogP contribution in [0.15, 0.2) is 54.4 Å². The molecule has 0 spiro atoms. The Kier molecular flexibility index (Phi) is 2.67. The summed E-state index contributed by atoms with van der Waals surface area (Å²) >= 11 is 0. The maximum atomic E-state index is 4.52. The fraction of sp³-hybridized carbons (Fsp3) is 0.133. The molecule has 0 N–H and O–H groups in total. The Morgan fingerprint density at radius 2 is 2.28 bits per heavy atom. The normalized spacial score (nSPS) is 13.1. The van der Waals surface area contributed by atoms with E-state index in [2.05, 4.69) is 21.9 Å². The smallest absolute Gasteiger partial charge is 0.0838 e. The van der Waals surface area contributed by atoms with Crippen molar-refractivity contribution in [3.8, 4) is 0 Å². The molecule has 0 aliphatic heterocycles. The molecule has 88 valence electrons. The third-order valence-electron chi connectivity index (χ3n) is 2.81. The summed E-state index contributed by atoms with van der Waals surface area (Å²) in [5, 5.41) is 4.52. The van der Waals surface area contributed by atoms with Gasteiger partial charge in [-0.3, -0.25) is 9.67 Å². The van der Waals surface area contributed by atoms with E-state index in [0.717, 1.165) is 22.7 Å². The molecule has 0 radical (unpaired) electrons. The minimum absolute atomic E-state index is 0.684. The molecular weight excluding hydrogens is 222 g/mol. The van der Waals surface area contributed by atoms with E-state index in [-0.39, 0.29) is 0 Å². The summed E-state index contributed by atoms with van der Waals surface area (Å²) in [5.74, 6) is 0. The van der Waals surface area contributed by atoms with Crippen LogP contribution in [0.4, 0.5) is 0 Å². The lowest BCUT2D eigenvalue weighted by Gasteiger charge is -2.05. The van der Waals surface area contributed by atoms with E-state index in [4.69, 9.17) is 0 Å². The zero-order chi connectivity index (χ0) is 12.4. The fourth-order valence-corrected chi connectivity index (χ4v) is 2.02. The average Bonchev–Trinajstić information content (AvgIpc) is 3.00. The standard InChI is InChI=1S/C15H13N3/c1-12-10-15(13-6-2-3-7-13)18(17-12)11-14-8-4-5-9-16-14/h2-6,8-10H,11H2,1H3. The minimum Gasteiger partial charge on any atom is -0.259 e. The van der Waals surface area contributed by atoms with Crippen LogP contribution in [-0.2, 0) is 6.54 Å². The molecule has 3 rings (SSSR count). The van der Waals surface area contributed by atoms with Crippen molar-refractivity contribution in [3.63, 3.8) is 0 Å². The number of allylic oxidation sites excluding steroid dienone is 3. The van der Waals surface area contributed by atoms with Crippen molar-refractivity contribution in [2.24, 2.45) is 0 Å². The molecule has 2 aromatic heterocycles. The molecular formula is C15H13N3. The van der Waals surface area contributed by atoms with Crippen LogP contribution in [0.2, 0.25) is 0 Å². The summed E-state index contributed by atoms with van der Waals surface area (Å²) in [6.07, 6.45) is 7.76. The van der Waals surface area contributed by atoms with E-state index in [9.17, 15) is 0 Å². The second kappa shape index (κ2) is 4.47. The van der Waals surface area contributed by atoms with Crippen LogP contribution in [0.5, 0.6) is 0 Å². The van der Waals surface area contributed by atoms with Gasteiger partial charge in [-0.1, -0.05) is 12.1 Å². The molecule has 0 unspecified atom stereocenters. The maximum Gasteiger partial charge on any atom is 0.0838 e. The van der Waals surface area contributed by atoms with Gasteiger partial charge in [0.05, 0.1) is 23.6 Å². The van der Waals surface area contributed by atoms with Crippen molar-refractivity contribution < 1.29 is 0 Å². The molecule has 0 saturated carbocycles. The molecule has 0 amide bonds. The Balaban J connectivity index is 1.97. The molecule has 0 aromatic carbocycles. The molecule has 18 heavy (non-hydrogen) atoms. The summed E-state index contributed by atoms with van der Waals surface area (Å²) in [4.78, 5) is 4.33. The summed E-state index contributed by atoms with van der Waals surface area (Å²) in [5.41, 5.74) is 7.39. The van der Waals surface area contributed by atoms with Crippen molar-refractivity contribution in [3.05, 3.63) is 71.5 Å². The number of aromatic nitrogens is 3. The lowest BCUT2D eigenvalue weighted by Crippen LogP contribution is -2.06. The van der Waals surface area contributed by atoms with Gasteiger partial charge >= 0.3 is 0 Å². The Hall–Kier alpha value is -2.38. The van der Waals surface area contributed by atoms with E-state index >= 15 is 0 Å². The van der Waals surface area contributed by atoms with Crippen LogP contribution in [0, 0.1) is 6.92 Å². The van der Waals surface area contributed by atoms with Gasteiger partial charge in [-0.2, -0.15) is 5.10 Å². The topological polar surface area (TPSA) is 30.7 Å². The zero-order valence-corrected chi connectivity index (χ0v) is 10.2. The van der Waals surface area contributed by atoms with Gasteiger partial charge in [0.1, 0.15) is 0 Å². The van der Waals surface area contributed by atoms with Gasteiger partial charge in [-0.15, -0.1) is 5.73 Å². The number of hydrogen-bond donors (Lipinski definition) is 0. The minimum atomic E-state index is 0.684. The van der Waals surface area contributed by atoms with E-state index in [1.165, 1.54) is 0 Å². The highest BCUT2D eigenvalue weighted by atomic mass is 15.3. The van der Waals surface area contributed by atoms with Gasteiger partial charge in [-0.05, 0) is 37.3 Å². The Morgan fingerprint density at radius 3 is 3.00 bits per heavy atom. The highest BCUT2D eigenvalue weighted by molar-refractivity contribution is 5.74. The van der Waals surface area contributed by atoms with Gasteiger partial charge in [-0.25, -0.2) is 0 Å². The quantitative estimate of drug-likeness (QED) is 0.766. The van der Waals surface area contributed by atoms with Crippen LogP contribution in [0.1, 0.15) is 17.1 Å². The molecule has 0 atom stereocenters. The van der Waals surface area contributed by atoms with Gasteiger partial charge in [0.2, 0.25) is 0 Å². The van der Waals surface area contributed by atoms with Crippen molar-refractivity contribution in [2.75, 3.05) is 0 Å². The first kappa shape index (κ1) is 10.8. The Labute approximate surface area is 106 Å². The van der Waals surface area contributed by atoms with Crippen molar-refractivity contribution in [1.82, 2.24) is 14.8 Å². The summed E-state index contributed by atoms with van der Waals surface area (Å²) in [6.45, 7) is 2.68. The van der Waals surface area contributed by atoms with Gasteiger partial charge in [0.25, 0.3) is 0 Å². The van der Waals surface area contributed by atoms with E-state index in [0.29, 0.717) is 6.54 Å². The van der Waals surface area contributed by atoms with Crippen LogP contribution >= 0.6 is 0 Å². The highest BCUT2D eigenvalue weighted by Gasteiger charge is 2.10. The van der Waals surface area contributed by atoms with Crippen LogP contribution in [-0.4, -0.2) is 14.8 Å². The Bertz CT molecular complexity index is 656. The van der Waals surface area contributed by atoms with Crippen molar-refractivity contribution in [1.29, 1.82) is 0 Å². The number of hydrogen-bond acceptors (Lipinski definition) is 2. The molecule has 2 aromatic rings. The number of nitrogens with zero attached hydrogens (tertiary/aromatic N) is 3. The molecule has 0 bridgehead atoms. The van der Waals surface area contributed by atoms with E-state index in [1.807, 2.05) is 48.0 Å². The van der Waals surface area contributed by atoms with Gasteiger partial charge < -0.3 is 0 Å². The summed E-state index contributed by atoms with van der Waals surface area (Å²) in [6, 6.07) is 8.00. The van der Waals surface area contributed by atoms with Crippen LogP contribution in [0.3, 0.4) is 0 Å². The molecule has 3 nitrogen and oxygen atoms in total. The molecule has 1 aliphatic carbocycles. The summed E-state index contributed by atoms with van der Waals surface area (Å²) < 4.78 is 1.98. The first-order valence-corrected chi connectivity index (χ1v) is 5.91. The Morgan fingerprint density at radius 1 is 1.33 bits per heavy atom. The molecule has 3 heteroatoms. The van der Waals surface area contributed by atoms with Gasteiger partial charge in [0.15, 0.2) is 0 Å². The third kappa shape index (κ3) is 2.04. The predicted octanol–water partition coefficient (Wildman–Crippen LogP) is 2.74. The fourth-order valence-electron chi connectivity index (χ4n) is 2.02. The average molecular weight is 235 g/mol. The van der Waals surface area contributed by atoms with E-state index in [1.54, 1.807) is 6.20 Å². The first-order valence-electron chi connectivity index (χ1n) is 5.91. The molecule has 0 saturated heterocycles. The highest BCUT2D eigenvalue weighted by Crippen LogP contribution is 2.19. The SMILES string of the molecule is Cc1cc(C2=C=CC=C2)n(Cc2ccccn2)n1. The lowest BCUT2D eigenvalue weighted by atomic mass is 10.2. The number of pyridine rings is 1. The number of rotatable bonds is 3. The first-order chi connectivity index (χ1) is 8.83. The number of aryl methyl sites for hydroxylation is 1. The largest absolute Gasteiger partial charge is 0.259 e. The zero-order valence-electron chi connectivity index (χ0n) is 10.2. The summed E-state index contributed by atoms with van der Waals surface area (Å²) in [7, 11) is 0. The second-order valence-electron chi connectivity index (χ2n) is 4.23.